The first kappa shape index (κ1) is 16.9. The first-order valence-corrected chi connectivity index (χ1v) is 8.87. The van der Waals surface area contributed by atoms with Crippen LogP contribution >= 0.6 is 0 Å². The third kappa shape index (κ3) is 3.85. The number of piperidine rings is 1. The maximum atomic E-state index is 12.4. The number of benzene rings is 1. The van der Waals surface area contributed by atoms with Gasteiger partial charge in [-0.3, -0.25) is 4.79 Å². The molecule has 1 saturated heterocycles. The molecule has 1 aromatic rings. The minimum absolute atomic E-state index is 0.109. The van der Waals surface area contributed by atoms with Crippen LogP contribution < -0.4 is 10.0 Å². The molecule has 0 bridgehead atoms. The zero-order valence-corrected chi connectivity index (χ0v) is 14.0. The van der Waals surface area contributed by atoms with Crippen molar-refractivity contribution in [3.05, 3.63) is 29.8 Å². The van der Waals surface area contributed by atoms with E-state index in [0.29, 0.717) is 5.56 Å². The molecule has 22 heavy (non-hydrogen) atoms. The molecule has 2 N–H and O–H groups in total. The van der Waals surface area contributed by atoms with Crippen LogP contribution in [-0.4, -0.2) is 51.9 Å². The summed E-state index contributed by atoms with van der Waals surface area (Å²) in [4.78, 5) is 13.5. The highest BCUT2D eigenvalue weighted by Gasteiger charge is 2.26. The minimum atomic E-state index is -3.57. The van der Waals surface area contributed by atoms with Crippen LogP contribution in [0.2, 0.25) is 0 Å². The summed E-state index contributed by atoms with van der Waals surface area (Å²) in [6.45, 7) is 2.89. The lowest BCUT2D eigenvalue weighted by atomic mass is 10.0. The second-order valence-corrected chi connectivity index (χ2v) is 7.55. The Morgan fingerprint density at radius 1 is 1.27 bits per heavy atom. The predicted octanol–water partition coefficient (Wildman–Crippen LogP) is 0.807. The zero-order chi connectivity index (χ0) is 16.3. The molecular formula is C15H23N3O3S. The average molecular weight is 325 g/mol. The van der Waals surface area contributed by atoms with Gasteiger partial charge in [-0.25, -0.2) is 13.1 Å². The van der Waals surface area contributed by atoms with Crippen molar-refractivity contribution < 1.29 is 13.2 Å². The van der Waals surface area contributed by atoms with Gasteiger partial charge in [0.25, 0.3) is 5.91 Å². The van der Waals surface area contributed by atoms with Crippen LogP contribution in [0.15, 0.2) is 29.2 Å². The number of hydrogen-bond donors (Lipinski definition) is 2. The molecule has 1 aliphatic heterocycles. The summed E-state index contributed by atoms with van der Waals surface area (Å²) in [5.41, 5.74) is 0.469. The number of sulfonamides is 1. The summed E-state index contributed by atoms with van der Waals surface area (Å²) in [5.74, 6) is -0.151. The third-order valence-corrected chi connectivity index (χ3v) is 5.39. The fourth-order valence-corrected chi connectivity index (χ4v) is 3.86. The average Bonchev–Trinajstić information content (AvgIpc) is 2.49. The number of hydrogen-bond acceptors (Lipinski definition) is 4. The molecule has 0 radical (unpaired) electrons. The van der Waals surface area contributed by atoms with Crippen LogP contribution in [0.1, 0.15) is 30.1 Å². The molecule has 1 fully saturated rings. The molecule has 0 aliphatic carbocycles. The largest absolute Gasteiger partial charge is 0.345 e. The number of amides is 1. The molecule has 1 heterocycles. The van der Waals surface area contributed by atoms with Crippen molar-refractivity contribution in [3.8, 4) is 0 Å². The fraction of sp³-hybridized carbons (Fsp3) is 0.533. The minimum Gasteiger partial charge on any atom is -0.345 e. The quantitative estimate of drug-likeness (QED) is 0.858. The van der Waals surface area contributed by atoms with Crippen LogP contribution in [-0.2, 0) is 10.0 Å². The lowest BCUT2D eigenvalue weighted by molar-refractivity contribution is 0.0827. The van der Waals surface area contributed by atoms with Gasteiger partial charge in [0.05, 0.1) is 4.90 Å². The van der Waals surface area contributed by atoms with E-state index in [1.54, 1.807) is 26.2 Å². The highest BCUT2D eigenvalue weighted by molar-refractivity contribution is 7.89. The molecule has 1 amide bonds. The molecule has 1 aliphatic rings. The van der Waals surface area contributed by atoms with Crippen molar-refractivity contribution >= 4 is 15.9 Å². The van der Waals surface area contributed by atoms with Crippen molar-refractivity contribution in [2.24, 2.45) is 0 Å². The second kappa shape index (κ2) is 6.76. The smallest absolute Gasteiger partial charge is 0.253 e. The fourth-order valence-electron chi connectivity index (χ4n) is 2.51. The van der Waals surface area contributed by atoms with Gasteiger partial charge in [0.15, 0.2) is 0 Å². The Balaban J connectivity index is 2.14. The normalized spacial score (nSPS) is 22.3. The summed E-state index contributed by atoms with van der Waals surface area (Å²) in [6, 6.07) is 6.03. The Morgan fingerprint density at radius 3 is 2.45 bits per heavy atom. The molecule has 2 atom stereocenters. The van der Waals surface area contributed by atoms with E-state index in [1.165, 1.54) is 17.0 Å². The Bertz CT molecular complexity index is 626. The zero-order valence-electron chi connectivity index (χ0n) is 13.2. The van der Waals surface area contributed by atoms with Gasteiger partial charge in [-0.05, 0) is 50.6 Å². The summed E-state index contributed by atoms with van der Waals surface area (Å²) < 4.78 is 27.6. The molecule has 6 nitrogen and oxygen atoms in total. The van der Waals surface area contributed by atoms with Crippen LogP contribution in [0.3, 0.4) is 0 Å². The molecule has 122 valence electrons. The molecule has 7 heteroatoms. The summed E-state index contributed by atoms with van der Waals surface area (Å²) in [5, 5.41) is 3.27. The second-order valence-electron chi connectivity index (χ2n) is 5.84. The van der Waals surface area contributed by atoms with E-state index in [2.05, 4.69) is 10.0 Å². The van der Waals surface area contributed by atoms with Crippen LogP contribution in [0, 0.1) is 0 Å². The van der Waals surface area contributed by atoms with Gasteiger partial charge in [0.2, 0.25) is 10.0 Å². The standard InChI is InChI=1S/C15H23N3O3S/c1-11-14(5-4-10-16-11)17-22(20,21)13-8-6-12(7-9-13)15(19)18(2)3/h6-9,11,14,16-17H,4-5,10H2,1-3H3. The van der Waals surface area contributed by atoms with Crippen LogP contribution in [0.25, 0.3) is 0 Å². The Hall–Kier alpha value is -1.44. The number of carbonyl (C=O) groups excluding carboxylic acids is 1. The first-order valence-electron chi connectivity index (χ1n) is 7.38. The summed E-state index contributed by atoms with van der Waals surface area (Å²) in [6.07, 6.45) is 1.78. The van der Waals surface area contributed by atoms with Crippen molar-refractivity contribution in [3.63, 3.8) is 0 Å². The maximum Gasteiger partial charge on any atom is 0.253 e. The van der Waals surface area contributed by atoms with Gasteiger partial charge in [0.1, 0.15) is 0 Å². The Labute approximate surface area is 131 Å². The Kier molecular flexibility index (Phi) is 5.20. The highest BCUT2D eigenvalue weighted by Crippen LogP contribution is 2.15. The molecule has 0 spiro atoms. The van der Waals surface area contributed by atoms with E-state index in [-0.39, 0.29) is 22.9 Å². The van der Waals surface area contributed by atoms with Crippen molar-refractivity contribution in [1.29, 1.82) is 0 Å². The van der Waals surface area contributed by atoms with E-state index < -0.39 is 10.0 Å². The lowest BCUT2D eigenvalue weighted by Gasteiger charge is -2.30. The van der Waals surface area contributed by atoms with Gasteiger partial charge < -0.3 is 10.2 Å². The number of nitrogens with one attached hydrogen (secondary N) is 2. The van der Waals surface area contributed by atoms with Gasteiger partial charge in [0, 0.05) is 31.7 Å². The van der Waals surface area contributed by atoms with E-state index in [4.69, 9.17) is 0 Å². The molecule has 2 rings (SSSR count). The molecule has 2 unspecified atom stereocenters. The number of nitrogens with zero attached hydrogens (tertiary/aromatic N) is 1. The topological polar surface area (TPSA) is 78.5 Å². The van der Waals surface area contributed by atoms with E-state index in [9.17, 15) is 13.2 Å². The van der Waals surface area contributed by atoms with Crippen molar-refractivity contribution in [2.75, 3.05) is 20.6 Å². The van der Waals surface area contributed by atoms with E-state index >= 15 is 0 Å². The van der Waals surface area contributed by atoms with Crippen molar-refractivity contribution in [1.82, 2.24) is 14.9 Å². The highest BCUT2D eigenvalue weighted by atomic mass is 32.2. The summed E-state index contributed by atoms with van der Waals surface area (Å²) in [7, 11) is -0.253. The molecule has 1 aromatic carbocycles. The van der Waals surface area contributed by atoms with Crippen molar-refractivity contribution in [2.45, 2.75) is 36.7 Å². The van der Waals surface area contributed by atoms with Gasteiger partial charge in [-0.1, -0.05) is 0 Å². The number of carbonyl (C=O) groups is 1. The van der Waals surface area contributed by atoms with E-state index in [0.717, 1.165) is 19.4 Å². The van der Waals surface area contributed by atoms with E-state index in [1.807, 2.05) is 6.92 Å². The first-order chi connectivity index (χ1) is 10.3. The van der Waals surface area contributed by atoms with Gasteiger partial charge in [-0.2, -0.15) is 0 Å². The van der Waals surface area contributed by atoms with Gasteiger partial charge in [-0.15, -0.1) is 0 Å². The number of rotatable bonds is 4. The molecule has 0 aromatic heterocycles. The Morgan fingerprint density at radius 2 is 1.91 bits per heavy atom. The third-order valence-electron chi connectivity index (χ3n) is 3.89. The molecular weight excluding hydrogens is 302 g/mol. The maximum absolute atomic E-state index is 12.4. The SMILES string of the molecule is CC1NCCCC1NS(=O)(=O)c1ccc(C(=O)N(C)C)cc1. The molecule has 0 saturated carbocycles. The van der Waals surface area contributed by atoms with Gasteiger partial charge >= 0.3 is 0 Å². The summed E-state index contributed by atoms with van der Waals surface area (Å²) >= 11 is 0. The predicted molar refractivity (Wildman–Crippen MR) is 85.3 cm³/mol. The monoisotopic (exact) mass is 325 g/mol. The van der Waals surface area contributed by atoms with Crippen LogP contribution in [0.4, 0.5) is 0 Å². The van der Waals surface area contributed by atoms with Crippen LogP contribution in [0.5, 0.6) is 0 Å². The lowest BCUT2D eigenvalue weighted by Crippen LogP contribution is -2.51.